The molecule has 73 heavy (non-hydrogen) atoms. The lowest BCUT2D eigenvalue weighted by atomic mass is 9.73. The van der Waals surface area contributed by atoms with Gasteiger partial charge in [0.25, 0.3) is 0 Å². The van der Waals surface area contributed by atoms with Gasteiger partial charge in [-0.2, -0.15) is 0 Å². The van der Waals surface area contributed by atoms with Crippen molar-refractivity contribution < 1.29 is 86.7 Å². The predicted molar refractivity (Wildman–Crippen MR) is 275 cm³/mol. The summed E-state index contributed by atoms with van der Waals surface area (Å²) in [6, 6.07) is 0. The third-order valence-corrected chi connectivity index (χ3v) is 15.3. The molecule has 1 saturated heterocycles. The Morgan fingerprint density at radius 3 is 1.29 bits per heavy atom. The van der Waals surface area contributed by atoms with Crippen LogP contribution in [0.25, 0.3) is 0 Å². The Morgan fingerprint density at radius 1 is 0.479 bits per heavy atom. The van der Waals surface area contributed by atoms with Gasteiger partial charge in [0.15, 0.2) is 23.1 Å². The highest BCUT2D eigenvalue weighted by molar-refractivity contribution is 5.94. The number of carbonyl (C=O) groups excluding carboxylic acids is 5. The molecular weight excluding hydrogens is 949 g/mol. The van der Waals surface area contributed by atoms with Crippen molar-refractivity contribution in [1.82, 2.24) is 0 Å². The summed E-state index contributed by atoms with van der Waals surface area (Å²) >= 11 is 0. The highest BCUT2D eigenvalue weighted by Crippen LogP contribution is 2.41. The first-order chi connectivity index (χ1) is 33.6. The monoisotopic (exact) mass is 1050 g/mol. The van der Waals surface area contributed by atoms with Gasteiger partial charge in [-0.1, -0.05) is 41.5 Å². The van der Waals surface area contributed by atoms with Gasteiger partial charge in [-0.15, -0.1) is 0 Å². The maximum Gasteiger partial charge on any atom is 0.317 e. The zero-order valence-corrected chi connectivity index (χ0v) is 48.6. The maximum atomic E-state index is 14.9. The highest BCUT2D eigenvalue weighted by Gasteiger charge is 2.55. The molecule has 0 amide bonds. The van der Waals surface area contributed by atoms with Crippen LogP contribution in [0.3, 0.4) is 0 Å². The van der Waals surface area contributed by atoms with E-state index < -0.39 is 98.4 Å². The Bertz CT molecular complexity index is 1750. The Kier molecular flexibility index (Phi) is 26.0. The maximum absolute atomic E-state index is 14.9. The molecule has 0 saturated carbocycles. The van der Waals surface area contributed by atoms with Crippen LogP contribution in [0.4, 0.5) is 0 Å². The molecule has 0 radical (unpaired) electrons. The third kappa shape index (κ3) is 17.3. The minimum atomic E-state index is -1.57. The van der Waals surface area contributed by atoms with E-state index in [0.717, 1.165) is 0 Å². The Hall–Kier alpha value is -2.49. The van der Waals surface area contributed by atoms with Crippen LogP contribution in [-0.2, 0) is 71.3 Å². The van der Waals surface area contributed by atoms with Crippen LogP contribution in [0, 0.1) is 27.1 Å². The van der Waals surface area contributed by atoms with Crippen molar-refractivity contribution >= 4 is 29.3 Å². The number of carbonyl (C=O) groups is 5. The van der Waals surface area contributed by atoms with E-state index >= 15 is 0 Å². The molecule has 3 atom stereocenters. The van der Waals surface area contributed by atoms with Crippen molar-refractivity contribution in [2.45, 2.75) is 203 Å². The van der Waals surface area contributed by atoms with Crippen molar-refractivity contribution in [3.63, 3.8) is 0 Å². The predicted octanol–water partition coefficient (Wildman–Crippen LogP) is 6.94. The molecule has 1 aliphatic rings. The minimum absolute atomic E-state index is 0.0178. The second-order valence-electron chi connectivity index (χ2n) is 23.5. The summed E-state index contributed by atoms with van der Waals surface area (Å²) in [5, 5.41) is 30.5. The molecule has 1 aliphatic heterocycles. The highest BCUT2D eigenvalue weighted by atomic mass is 16.7. The molecule has 0 spiro atoms. The standard InChI is InChI=1S/C55H100O18/c1-20-53(21-2,40(59)48(13,30-56)31-57)72-39-52(17,34-65-19)43(62)66-28-26-45(7,8)67-29-27-46(9,10)73-44(63)49(14,32-58)35-70-54(22-3,23-4)41(60)50(15,33-64-18)38-71-55(24-5,25-6)42(61)51(16)36-68-47(11,12)69-37-51/h56-58H,20-39H2,1-19H3. The van der Waals surface area contributed by atoms with Gasteiger partial charge in [0, 0.05) is 27.1 Å². The molecule has 0 aromatic carbocycles. The van der Waals surface area contributed by atoms with Crippen LogP contribution >= 0.6 is 0 Å². The number of rotatable bonds is 38. The fraction of sp³-hybridized carbons (Fsp3) is 0.909. The normalized spacial score (nSPS) is 18.3. The average Bonchev–Trinajstić information content (AvgIpc) is 3.35. The molecule has 18 nitrogen and oxygen atoms in total. The minimum Gasteiger partial charge on any atom is -0.465 e. The third-order valence-electron chi connectivity index (χ3n) is 15.3. The summed E-state index contributed by atoms with van der Waals surface area (Å²) in [6.45, 7) is 27.6. The summed E-state index contributed by atoms with van der Waals surface area (Å²) in [4.78, 5) is 70.4. The van der Waals surface area contributed by atoms with Crippen molar-refractivity contribution in [3.05, 3.63) is 0 Å². The number of ketones is 3. The molecule has 0 bridgehead atoms. The van der Waals surface area contributed by atoms with Crippen LogP contribution in [0.2, 0.25) is 0 Å². The summed E-state index contributed by atoms with van der Waals surface area (Å²) in [7, 11) is 2.93. The van der Waals surface area contributed by atoms with Gasteiger partial charge in [0.2, 0.25) is 0 Å². The Labute approximate surface area is 438 Å². The molecule has 1 heterocycles. The van der Waals surface area contributed by atoms with Gasteiger partial charge in [0.05, 0.1) is 101 Å². The van der Waals surface area contributed by atoms with E-state index in [1.54, 1.807) is 62.3 Å². The van der Waals surface area contributed by atoms with Gasteiger partial charge in [0.1, 0.15) is 33.2 Å². The number of ether oxygens (including phenoxy) is 10. The van der Waals surface area contributed by atoms with Gasteiger partial charge >= 0.3 is 11.9 Å². The van der Waals surface area contributed by atoms with Crippen LogP contribution < -0.4 is 0 Å². The number of hydrogen-bond donors (Lipinski definition) is 3. The molecule has 428 valence electrons. The molecule has 0 aliphatic carbocycles. The zero-order valence-electron chi connectivity index (χ0n) is 48.6. The molecule has 0 aromatic heterocycles. The lowest BCUT2D eigenvalue weighted by Crippen LogP contribution is -2.59. The van der Waals surface area contributed by atoms with Crippen molar-refractivity contribution in [2.75, 3.05) is 93.5 Å². The van der Waals surface area contributed by atoms with Crippen LogP contribution in [0.15, 0.2) is 0 Å². The molecule has 0 aromatic rings. The molecule has 3 N–H and O–H groups in total. The number of aliphatic hydroxyl groups is 3. The van der Waals surface area contributed by atoms with E-state index in [4.69, 9.17) is 47.4 Å². The lowest BCUT2D eigenvalue weighted by molar-refractivity contribution is -0.280. The summed E-state index contributed by atoms with van der Waals surface area (Å²) in [5.41, 5.74) is -12.5. The second-order valence-corrected chi connectivity index (χ2v) is 23.5. The number of Topliss-reactive ketones (excluding diaryl/α,β-unsaturated/α-hetero) is 3. The van der Waals surface area contributed by atoms with E-state index in [1.165, 1.54) is 28.1 Å². The second kappa shape index (κ2) is 27.7. The summed E-state index contributed by atoms with van der Waals surface area (Å²) in [6.07, 6.45) is 2.19. The summed E-state index contributed by atoms with van der Waals surface area (Å²) in [5.74, 6) is -3.11. The van der Waals surface area contributed by atoms with Gasteiger partial charge in [-0.25, -0.2) is 0 Å². The summed E-state index contributed by atoms with van der Waals surface area (Å²) < 4.78 is 60.1. The average molecular weight is 1050 g/mol. The number of esters is 2. The van der Waals surface area contributed by atoms with E-state index in [-0.39, 0.29) is 103 Å². The number of methoxy groups -OCH3 is 2. The first-order valence-electron chi connectivity index (χ1n) is 26.3. The van der Waals surface area contributed by atoms with E-state index in [1.807, 2.05) is 41.5 Å². The van der Waals surface area contributed by atoms with Crippen molar-refractivity contribution in [1.29, 1.82) is 0 Å². The fourth-order valence-corrected chi connectivity index (χ4v) is 8.91. The van der Waals surface area contributed by atoms with Crippen molar-refractivity contribution in [3.8, 4) is 0 Å². The first kappa shape index (κ1) is 68.5. The van der Waals surface area contributed by atoms with Crippen LogP contribution in [0.5, 0.6) is 0 Å². The largest absolute Gasteiger partial charge is 0.465 e. The SMILES string of the molecule is CCC(CC)(OCC(C)(COC)C(=O)OCCC(C)(C)OCCC(C)(C)OC(=O)C(C)(CO)COC(CC)(CC)C(=O)C(C)(COC)COC(CC)(CC)C(=O)C1(C)COC(C)(C)OC1)C(=O)C(C)(CO)CO. The fourth-order valence-electron chi connectivity index (χ4n) is 8.91. The Morgan fingerprint density at radius 2 is 0.863 bits per heavy atom. The number of hydrogen-bond acceptors (Lipinski definition) is 18. The molecule has 1 fully saturated rings. The van der Waals surface area contributed by atoms with E-state index in [0.29, 0.717) is 19.3 Å². The molecule has 3 unspecified atom stereocenters. The van der Waals surface area contributed by atoms with E-state index in [2.05, 4.69) is 0 Å². The molecular formula is C55H100O18. The van der Waals surface area contributed by atoms with Gasteiger partial charge in [-0.05, 0) is 115 Å². The quantitative estimate of drug-likeness (QED) is 0.0531. The van der Waals surface area contributed by atoms with Gasteiger partial charge in [-0.3, -0.25) is 24.0 Å². The first-order valence-corrected chi connectivity index (χ1v) is 26.3. The Balaban J connectivity index is 3.08. The topological polar surface area (TPSA) is 238 Å². The lowest BCUT2D eigenvalue weighted by Gasteiger charge is -2.46. The van der Waals surface area contributed by atoms with Crippen LogP contribution in [-0.4, -0.2) is 172 Å². The van der Waals surface area contributed by atoms with Crippen LogP contribution in [0.1, 0.15) is 169 Å². The zero-order chi connectivity index (χ0) is 56.6. The molecule has 18 heteroatoms. The number of aliphatic hydroxyl groups excluding tert-OH is 3. The van der Waals surface area contributed by atoms with Gasteiger partial charge < -0.3 is 62.7 Å². The van der Waals surface area contributed by atoms with Crippen molar-refractivity contribution in [2.24, 2.45) is 27.1 Å². The molecule has 1 rings (SSSR count). The van der Waals surface area contributed by atoms with E-state index in [9.17, 15) is 39.3 Å². The smallest absolute Gasteiger partial charge is 0.317 e.